The number of benzene rings is 1. The van der Waals surface area contributed by atoms with Crippen molar-refractivity contribution in [2.75, 3.05) is 19.6 Å². The molecular formula is C18H24N2O2S2. The van der Waals surface area contributed by atoms with E-state index in [4.69, 9.17) is 12.2 Å². The summed E-state index contributed by atoms with van der Waals surface area (Å²) >= 11 is 6.91. The maximum absolute atomic E-state index is 12.9. The third kappa shape index (κ3) is 4.57. The van der Waals surface area contributed by atoms with Crippen LogP contribution in [0.4, 0.5) is 0 Å². The van der Waals surface area contributed by atoms with Crippen LogP contribution in [0.25, 0.3) is 0 Å². The number of rotatable bonds is 4. The molecule has 6 heteroatoms. The van der Waals surface area contributed by atoms with Crippen LogP contribution in [0, 0.1) is 0 Å². The van der Waals surface area contributed by atoms with Crippen molar-refractivity contribution >= 4 is 40.1 Å². The predicted molar refractivity (Wildman–Crippen MR) is 103 cm³/mol. The number of nitrogens with zero attached hydrogens (tertiary/aromatic N) is 2. The van der Waals surface area contributed by atoms with Crippen LogP contribution in [0.15, 0.2) is 30.3 Å². The van der Waals surface area contributed by atoms with Gasteiger partial charge in [0.2, 0.25) is 5.91 Å². The number of carbonyl (C=O) groups excluding carboxylic acids is 2. The molecule has 0 aromatic heterocycles. The largest absolute Gasteiger partial charge is 0.358 e. The minimum atomic E-state index is -0.270. The van der Waals surface area contributed by atoms with Gasteiger partial charge in [0.15, 0.2) is 0 Å². The molecule has 24 heavy (non-hydrogen) atoms. The van der Waals surface area contributed by atoms with Gasteiger partial charge in [0.1, 0.15) is 4.32 Å². The lowest BCUT2D eigenvalue weighted by molar-refractivity contribution is -0.127. The van der Waals surface area contributed by atoms with Crippen LogP contribution in [0.3, 0.4) is 0 Å². The maximum atomic E-state index is 12.9. The van der Waals surface area contributed by atoms with Crippen molar-refractivity contribution in [1.29, 1.82) is 0 Å². The van der Waals surface area contributed by atoms with Gasteiger partial charge in [-0.3, -0.25) is 14.5 Å². The minimum absolute atomic E-state index is 0.110. The Hall–Kier alpha value is -1.40. The first-order chi connectivity index (χ1) is 11.6. The molecule has 0 spiro atoms. The summed E-state index contributed by atoms with van der Waals surface area (Å²) in [7, 11) is 0. The molecule has 0 saturated carbocycles. The fraction of sp³-hybridized carbons (Fsp3) is 0.500. The smallest absolute Gasteiger partial charge is 0.260 e. The molecule has 2 amide bonds. The Balaban J connectivity index is 2.12. The Morgan fingerprint density at radius 2 is 1.92 bits per heavy atom. The summed E-state index contributed by atoms with van der Waals surface area (Å²) in [6.07, 6.45) is 2.55. The van der Waals surface area contributed by atoms with Crippen molar-refractivity contribution < 1.29 is 9.59 Å². The Morgan fingerprint density at radius 1 is 1.25 bits per heavy atom. The zero-order valence-corrected chi connectivity index (χ0v) is 15.9. The molecule has 130 valence electrons. The summed E-state index contributed by atoms with van der Waals surface area (Å²) in [4.78, 5) is 29.1. The Kier molecular flexibility index (Phi) is 7.24. The first-order valence-corrected chi connectivity index (χ1v) is 9.73. The minimum Gasteiger partial charge on any atom is -0.358 e. The summed E-state index contributed by atoms with van der Waals surface area (Å²) in [5.41, 5.74) is 0.558. The van der Waals surface area contributed by atoms with Crippen LogP contribution >= 0.6 is 24.0 Å². The Bertz CT molecular complexity index is 588. The highest BCUT2D eigenvalue weighted by Crippen LogP contribution is 2.27. The summed E-state index contributed by atoms with van der Waals surface area (Å²) in [6, 6.07) is 9.00. The van der Waals surface area contributed by atoms with E-state index in [-0.39, 0.29) is 17.1 Å². The predicted octanol–water partition coefficient (Wildman–Crippen LogP) is 3.57. The fourth-order valence-corrected chi connectivity index (χ4v) is 4.50. The van der Waals surface area contributed by atoms with Crippen molar-refractivity contribution in [3.8, 4) is 0 Å². The number of carbonyl (C=O) groups is 2. The monoisotopic (exact) mass is 364 g/mol. The van der Waals surface area contributed by atoms with Crippen LogP contribution in [0.1, 0.15) is 43.5 Å². The van der Waals surface area contributed by atoms with Crippen LogP contribution in [0.2, 0.25) is 0 Å². The number of hydrogen-bond acceptors (Lipinski definition) is 4. The van der Waals surface area contributed by atoms with Gasteiger partial charge in [-0.05, 0) is 38.8 Å². The van der Waals surface area contributed by atoms with E-state index in [2.05, 4.69) is 18.7 Å². The summed E-state index contributed by atoms with van der Waals surface area (Å²) in [5, 5.41) is -0.270. The quantitative estimate of drug-likeness (QED) is 0.603. The molecule has 0 aliphatic carbocycles. The summed E-state index contributed by atoms with van der Waals surface area (Å²) in [6.45, 7) is 6.25. The zero-order chi connectivity index (χ0) is 17.5. The van der Waals surface area contributed by atoms with Gasteiger partial charge in [-0.2, -0.15) is 0 Å². The molecule has 1 aliphatic heterocycles. The van der Waals surface area contributed by atoms with Gasteiger partial charge < -0.3 is 4.90 Å². The highest BCUT2D eigenvalue weighted by atomic mass is 32.2. The van der Waals surface area contributed by atoms with Crippen LogP contribution in [-0.4, -0.2) is 50.8 Å². The van der Waals surface area contributed by atoms with E-state index in [0.717, 1.165) is 36.7 Å². The second-order valence-electron chi connectivity index (χ2n) is 5.70. The topological polar surface area (TPSA) is 40.6 Å². The van der Waals surface area contributed by atoms with Gasteiger partial charge in [0.05, 0.1) is 5.25 Å². The first-order valence-electron chi connectivity index (χ1n) is 8.44. The lowest BCUT2D eigenvalue weighted by Crippen LogP contribution is -2.42. The van der Waals surface area contributed by atoms with E-state index < -0.39 is 0 Å². The van der Waals surface area contributed by atoms with Gasteiger partial charge in [0, 0.05) is 25.2 Å². The third-order valence-electron chi connectivity index (χ3n) is 4.17. The van der Waals surface area contributed by atoms with E-state index in [0.29, 0.717) is 12.1 Å². The highest BCUT2D eigenvalue weighted by molar-refractivity contribution is 8.23. The van der Waals surface area contributed by atoms with Crippen LogP contribution < -0.4 is 0 Å². The number of hydrogen-bond donors (Lipinski definition) is 0. The molecule has 1 fully saturated rings. The van der Waals surface area contributed by atoms with E-state index in [1.165, 1.54) is 16.7 Å². The third-order valence-corrected chi connectivity index (χ3v) is 5.90. The van der Waals surface area contributed by atoms with Crippen LogP contribution in [0.5, 0.6) is 0 Å². The summed E-state index contributed by atoms with van der Waals surface area (Å²) in [5.74, 6) is -0.317. The van der Waals surface area contributed by atoms with Gasteiger partial charge in [-0.15, -0.1) is 0 Å². The van der Waals surface area contributed by atoms with Crippen molar-refractivity contribution in [2.45, 2.75) is 38.4 Å². The zero-order valence-electron chi connectivity index (χ0n) is 14.2. The van der Waals surface area contributed by atoms with Crippen LogP contribution in [-0.2, 0) is 4.79 Å². The van der Waals surface area contributed by atoms with Gasteiger partial charge in [-0.25, -0.2) is 0 Å². The molecule has 1 saturated heterocycles. The molecule has 1 heterocycles. The van der Waals surface area contributed by atoms with Crippen molar-refractivity contribution in [3.63, 3.8) is 0 Å². The second kappa shape index (κ2) is 9.18. The average Bonchev–Trinajstić information content (AvgIpc) is 2.78. The van der Waals surface area contributed by atoms with E-state index in [9.17, 15) is 9.59 Å². The maximum Gasteiger partial charge on any atom is 0.260 e. The van der Waals surface area contributed by atoms with Gasteiger partial charge in [-0.1, -0.05) is 48.6 Å². The lowest BCUT2D eigenvalue weighted by Gasteiger charge is -2.26. The molecule has 0 unspecified atom stereocenters. The number of likely N-dealkylation sites (tertiary alicyclic amines) is 1. The highest BCUT2D eigenvalue weighted by Gasteiger charge is 2.33. The molecular weight excluding hydrogens is 340 g/mol. The molecule has 4 nitrogen and oxygen atoms in total. The van der Waals surface area contributed by atoms with E-state index in [1.54, 1.807) is 12.1 Å². The fourth-order valence-electron chi connectivity index (χ4n) is 2.73. The number of amides is 2. The first kappa shape index (κ1) is 18.9. The number of imide groups is 1. The average molecular weight is 365 g/mol. The molecule has 1 aromatic rings. The normalized spacial score (nSPS) is 18.2. The molecule has 0 bridgehead atoms. The van der Waals surface area contributed by atoms with E-state index in [1.807, 2.05) is 18.2 Å². The second-order valence-corrected chi connectivity index (χ2v) is 7.54. The Labute approximate surface area is 153 Å². The molecule has 0 N–H and O–H groups in total. The molecule has 0 radical (unpaired) electrons. The van der Waals surface area contributed by atoms with Crippen molar-refractivity contribution in [3.05, 3.63) is 35.9 Å². The van der Waals surface area contributed by atoms with Crippen molar-refractivity contribution in [2.24, 2.45) is 0 Å². The number of thioether (sulfide) groups is 1. The van der Waals surface area contributed by atoms with E-state index >= 15 is 0 Å². The van der Waals surface area contributed by atoms with Gasteiger partial charge in [0.25, 0.3) is 5.91 Å². The molecule has 2 rings (SSSR count). The molecule has 1 aromatic carbocycles. The van der Waals surface area contributed by atoms with Gasteiger partial charge >= 0.3 is 0 Å². The Morgan fingerprint density at radius 3 is 2.54 bits per heavy atom. The van der Waals surface area contributed by atoms with Crippen molar-refractivity contribution in [1.82, 2.24) is 9.80 Å². The lowest BCUT2D eigenvalue weighted by atomic mass is 10.2. The molecule has 1 atom stereocenters. The summed E-state index contributed by atoms with van der Waals surface area (Å²) < 4.78 is 0.743. The molecule has 1 aliphatic rings. The standard InChI is InChI=1S/C18H24N2O2S2/c1-3-19(4-2)18(23)24-15-12-8-9-13-20(17(15)22)16(21)14-10-6-5-7-11-14/h5-7,10-11,15H,3-4,8-9,12-13H2,1-2H3/t15-/m0/s1. The number of thiocarbonyl (C=S) groups is 1. The SMILES string of the molecule is CCN(CC)C(=S)S[C@H]1CCCCN(C(=O)c2ccccc2)C1=O.